The number of aromatic nitrogens is 2. The molecule has 1 aromatic rings. The van der Waals surface area contributed by atoms with Crippen molar-refractivity contribution in [2.24, 2.45) is 5.73 Å². The molecule has 3 nitrogen and oxygen atoms in total. The Kier molecular flexibility index (Phi) is 3.97. The van der Waals surface area contributed by atoms with E-state index in [2.05, 4.69) is 10.2 Å². The van der Waals surface area contributed by atoms with Crippen molar-refractivity contribution in [3.63, 3.8) is 0 Å². The molecule has 1 rings (SSSR count). The maximum Gasteiger partial charge on any atom is 0.359 e. The third-order valence-corrected chi connectivity index (χ3v) is 2.69. The first-order valence-electron chi connectivity index (χ1n) is 4.17. The molecule has 0 spiro atoms. The lowest BCUT2D eigenvalue weighted by molar-refractivity contribution is -0.135. The highest BCUT2D eigenvalue weighted by Crippen LogP contribution is 2.36. The van der Waals surface area contributed by atoms with Crippen LogP contribution in [-0.2, 0) is 12.3 Å². The molecule has 0 atom stereocenters. The van der Waals surface area contributed by atoms with Crippen LogP contribution in [0.4, 0.5) is 17.6 Å². The van der Waals surface area contributed by atoms with Gasteiger partial charge in [-0.25, -0.2) is 8.78 Å². The fourth-order valence-corrected chi connectivity index (χ4v) is 1.69. The first-order chi connectivity index (χ1) is 6.98. The van der Waals surface area contributed by atoms with Crippen LogP contribution in [0.5, 0.6) is 0 Å². The summed E-state index contributed by atoms with van der Waals surface area (Å²) in [7, 11) is 0. The van der Waals surface area contributed by atoms with Gasteiger partial charge in [0.1, 0.15) is 5.01 Å². The summed E-state index contributed by atoms with van der Waals surface area (Å²) in [6.07, 6.45) is -2.81. The third kappa shape index (κ3) is 2.85. The van der Waals surface area contributed by atoms with Gasteiger partial charge in [0.05, 0.1) is 0 Å². The molecule has 0 amide bonds. The van der Waals surface area contributed by atoms with E-state index in [0.29, 0.717) is 35.7 Å². The summed E-state index contributed by atoms with van der Waals surface area (Å²) < 4.78 is 49.4. The van der Waals surface area contributed by atoms with E-state index in [4.69, 9.17) is 5.73 Å². The normalized spacial score (nSPS) is 12.4. The van der Waals surface area contributed by atoms with Crippen LogP contribution in [0.2, 0.25) is 0 Å². The first kappa shape index (κ1) is 12.3. The fourth-order valence-electron chi connectivity index (χ4n) is 0.836. The molecular weight excluding hydrogens is 234 g/mol. The molecule has 0 aliphatic heterocycles. The van der Waals surface area contributed by atoms with Crippen LogP contribution in [0.1, 0.15) is 16.4 Å². The second-order valence-electron chi connectivity index (χ2n) is 2.82. The summed E-state index contributed by atoms with van der Waals surface area (Å²) in [6.45, 7) is 0.389. The first-order valence-corrected chi connectivity index (χ1v) is 4.99. The zero-order valence-electron chi connectivity index (χ0n) is 7.59. The molecule has 0 aromatic carbocycles. The highest BCUT2D eigenvalue weighted by molar-refractivity contribution is 7.11. The van der Waals surface area contributed by atoms with Crippen molar-refractivity contribution >= 4 is 11.3 Å². The summed E-state index contributed by atoms with van der Waals surface area (Å²) in [4.78, 5) is 0. The summed E-state index contributed by atoms with van der Waals surface area (Å²) in [6, 6.07) is 0. The lowest BCUT2D eigenvalue weighted by atomic mass is 10.3. The second kappa shape index (κ2) is 4.84. The van der Waals surface area contributed by atoms with Crippen molar-refractivity contribution in [2.75, 3.05) is 6.54 Å². The van der Waals surface area contributed by atoms with E-state index in [1.54, 1.807) is 0 Å². The van der Waals surface area contributed by atoms with Crippen LogP contribution in [0.25, 0.3) is 0 Å². The van der Waals surface area contributed by atoms with Crippen molar-refractivity contribution in [1.82, 2.24) is 10.2 Å². The van der Waals surface area contributed by atoms with Crippen LogP contribution in [0.15, 0.2) is 0 Å². The van der Waals surface area contributed by atoms with Crippen LogP contribution in [-0.4, -0.2) is 23.2 Å². The average Bonchev–Trinajstić information content (AvgIpc) is 2.63. The van der Waals surface area contributed by atoms with Crippen LogP contribution in [0, 0.1) is 0 Å². The fraction of sp³-hybridized carbons (Fsp3) is 0.714. The molecule has 86 valence electrons. The van der Waals surface area contributed by atoms with Gasteiger partial charge in [-0.15, -0.1) is 10.2 Å². The predicted molar refractivity (Wildman–Crippen MR) is 47.2 cm³/mol. The highest BCUT2D eigenvalue weighted by Gasteiger charge is 2.46. The van der Waals surface area contributed by atoms with Gasteiger partial charge in [0, 0.05) is 6.42 Å². The minimum absolute atomic E-state index is 0.302. The minimum Gasteiger partial charge on any atom is -0.330 e. The molecule has 0 unspecified atom stereocenters. The molecule has 0 radical (unpaired) electrons. The zero-order valence-corrected chi connectivity index (χ0v) is 8.41. The molecule has 0 bridgehead atoms. The molecule has 1 heterocycles. The standard InChI is InChI=1S/C7H9F4N3S/c8-5(9)7(10,11)6-14-13-4(15-6)2-1-3-12/h5H,1-3,12H2. The van der Waals surface area contributed by atoms with Crippen molar-refractivity contribution in [2.45, 2.75) is 25.2 Å². The topological polar surface area (TPSA) is 51.8 Å². The lowest BCUT2D eigenvalue weighted by Crippen LogP contribution is -2.23. The largest absolute Gasteiger partial charge is 0.359 e. The Morgan fingerprint density at radius 1 is 1.33 bits per heavy atom. The Morgan fingerprint density at radius 2 is 2.00 bits per heavy atom. The Bertz CT molecular complexity index is 315. The van der Waals surface area contributed by atoms with Crippen LogP contribution < -0.4 is 5.73 Å². The molecule has 15 heavy (non-hydrogen) atoms. The van der Waals surface area contributed by atoms with Crippen LogP contribution in [0.3, 0.4) is 0 Å². The van der Waals surface area contributed by atoms with E-state index >= 15 is 0 Å². The number of alkyl halides is 4. The lowest BCUT2D eigenvalue weighted by Gasteiger charge is -2.09. The molecule has 0 aliphatic carbocycles. The van der Waals surface area contributed by atoms with Gasteiger partial charge >= 0.3 is 12.3 Å². The number of nitrogens with zero attached hydrogens (tertiary/aromatic N) is 2. The van der Waals surface area contributed by atoms with E-state index in [0.717, 1.165) is 0 Å². The van der Waals surface area contributed by atoms with Crippen LogP contribution >= 0.6 is 11.3 Å². The molecule has 0 saturated carbocycles. The SMILES string of the molecule is NCCCc1nnc(C(F)(F)C(F)F)s1. The number of halogens is 4. The quantitative estimate of drug-likeness (QED) is 0.802. The van der Waals surface area contributed by atoms with Crippen molar-refractivity contribution in [3.8, 4) is 0 Å². The van der Waals surface area contributed by atoms with Gasteiger partial charge < -0.3 is 5.73 Å². The van der Waals surface area contributed by atoms with Crippen molar-refractivity contribution < 1.29 is 17.6 Å². The number of hydrogen-bond donors (Lipinski definition) is 1. The number of rotatable bonds is 5. The minimum atomic E-state index is -4.21. The maximum atomic E-state index is 12.7. The van der Waals surface area contributed by atoms with Gasteiger partial charge in [0.25, 0.3) is 0 Å². The van der Waals surface area contributed by atoms with Gasteiger partial charge in [-0.1, -0.05) is 11.3 Å². The average molecular weight is 243 g/mol. The van der Waals surface area contributed by atoms with Gasteiger partial charge in [-0.2, -0.15) is 8.78 Å². The molecule has 0 saturated heterocycles. The molecular formula is C7H9F4N3S. The van der Waals surface area contributed by atoms with E-state index < -0.39 is 17.4 Å². The number of aryl methyl sites for hydroxylation is 1. The molecule has 2 N–H and O–H groups in total. The van der Waals surface area contributed by atoms with Gasteiger partial charge in [0.2, 0.25) is 0 Å². The Morgan fingerprint density at radius 3 is 2.53 bits per heavy atom. The van der Waals surface area contributed by atoms with Gasteiger partial charge in [-0.05, 0) is 13.0 Å². The Labute approximate surface area is 87.3 Å². The van der Waals surface area contributed by atoms with Crippen molar-refractivity contribution in [3.05, 3.63) is 10.0 Å². The van der Waals surface area contributed by atoms with E-state index in [9.17, 15) is 17.6 Å². The number of nitrogens with two attached hydrogens (primary N) is 1. The Balaban J connectivity index is 2.75. The number of hydrogen-bond acceptors (Lipinski definition) is 4. The summed E-state index contributed by atoms with van der Waals surface area (Å²) in [5.41, 5.74) is 5.21. The van der Waals surface area contributed by atoms with Gasteiger partial charge in [-0.3, -0.25) is 0 Å². The third-order valence-electron chi connectivity index (χ3n) is 1.62. The van der Waals surface area contributed by atoms with Gasteiger partial charge in [0.15, 0.2) is 5.01 Å². The van der Waals surface area contributed by atoms with E-state index in [1.165, 1.54) is 0 Å². The maximum absolute atomic E-state index is 12.7. The molecule has 0 aliphatic rings. The van der Waals surface area contributed by atoms with E-state index in [-0.39, 0.29) is 0 Å². The monoisotopic (exact) mass is 243 g/mol. The Hall–Kier alpha value is -0.760. The summed E-state index contributed by atoms with van der Waals surface area (Å²) in [5.74, 6) is -4.21. The highest BCUT2D eigenvalue weighted by atomic mass is 32.1. The predicted octanol–water partition coefficient (Wildman–Crippen LogP) is 1.79. The summed E-state index contributed by atoms with van der Waals surface area (Å²) >= 11 is 0.500. The van der Waals surface area contributed by atoms with Crippen molar-refractivity contribution in [1.29, 1.82) is 0 Å². The zero-order chi connectivity index (χ0) is 11.5. The molecule has 1 aromatic heterocycles. The second-order valence-corrected chi connectivity index (χ2v) is 3.88. The summed E-state index contributed by atoms with van der Waals surface area (Å²) in [5, 5.41) is 5.82. The molecule has 8 heteroatoms. The smallest absolute Gasteiger partial charge is 0.330 e. The molecule has 0 fully saturated rings. The van der Waals surface area contributed by atoms with E-state index in [1.807, 2.05) is 0 Å².